The Hall–Kier alpha value is -1.33. The number of benzene rings is 1. The zero-order valence-corrected chi connectivity index (χ0v) is 8.51. The molecular weight excluding hydrogens is 231 g/mol. The first-order valence-electron chi connectivity index (χ1n) is 3.15. The number of nitro groups is 1. The zero-order chi connectivity index (χ0) is 9.14. The molecular formula is C7H8Cl2N2O3. The molecule has 0 bridgehead atoms. The van der Waals surface area contributed by atoms with E-state index in [0.717, 1.165) is 0 Å². The largest absolute Gasteiger partial charge is 0.366 e. The van der Waals surface area contributed by atoms with E-state index in [-0.39, 0.29) is 36.1 Å². The number of nitrogens with zero attached hydrogens (tertiary/aromatic N) is 1. The topological polar surface area (TPSA) is 86.2 Å². The first-order chi connectivity index (χ1) is 5.61. The molecule has 5 nitrogen and oxygen atoms in total. The number of carbonyl (C=O) groups is 1. The third kappa shape index (κ3) is 3.59. The smallest absolute Gasteiger partial charge is 0.269 e. The molecule has 78 valence electrons. The quantitative estimate of drug-likeness (QED) is 0.627. The van der Waals surface area contributed by atoms with Crippen molar-refractivity contribution in [3.8, 4) is 0 Å². The lowest BCUT2D eigenvalue weighted by atomic mass is 10.2. The van der Waals surface area contributed by atoms with Gasteiger partial charge in [-0.05, 0) is 12.1 Å². The first kappa shape index (κ1) is 15.2. The van der Waals surface area contributed by atoms with Crippen LogP contribution >= 0.6 is 24.8 Å². The number of rotatable bonds is 2. The summed E-state index contributed by atoms with van der Waals surface area (Å²) in [4.78, 5) is 20.2. The van der Waals surface area contributed by atoms with Gasteiger partial charge in [-0.25, -0.2) is 0 Å². The molecule has 0 spiro atoms. The van der Waals surface area contributed by atoms with E-state index in [4.69, 9.17) is 5.73 Å². The highest BCUT2D eigenvalue weighted by molar-refractivity contribution is 5.92. The summed E-state index contributed by atoms with van der Waals surface area (Å²) in [7, 11) is 0. The summed E-state index contributed by atoms with van der Waals surface area (Å²) in [5, 5.41) is 10.2. The number of primary amides is 1. The van der Waals surface area contributed by atoms with Gasteiger partial charge in [-0.3, -0.25) is 14.9 Å². The molecule has 1 rings (SSSR count). The Labute approximate surface area is 92.3 Å². The molecule has 1 aromatic carbocycles. The van der Waals surface area contributed by atoms with Gasteiger partial charge in [0.2, 0.25) is 5.91 Å². The van der Waals surface area contributed by atoms with Gasteiger partial charge in [0.05, 0.1) is 4.92 Å². The van der Waals surface area contributed by atoms with E-state index in [0.29, 0.717) is 0 Å². The Bertz CT molecular complexity index is 293. The summed E-state index contributed by atoms with van der Waals surface area (Å²) >= 11 is 0. The highest BCUT2D eigenvalue weighted by Crippen LogP contribution is 2.10. The lowest BCUT2D eigenvalue weighted by Gasteiger charge is -1.93. The fraction of sp³-hybridized carbons (Fsp3) is 0. The number of hydrogen-bond donors (Lipinski definition) is 1. The number of halogens is 2. The summed E-state index contributed by atoms with van der Waals surface area (Å²) in [6.45, 7) is 0. The van der Waals surface area contributed by atoms with E-state index in [2.05, 4.69) is 0 Å². The van der Waals surface area contributed by atoms with Gasteiger partial charge in [-0.2, -0.15) is 0 Å². The monoisotopic (exact) mass is 238 g/mol. The fourth-order valence-corrected chi connectivity index (χ4v) is 0.747. The summed E-state index contributed by atoms with van der Waals surface area (Å²) in [5.74, 6) is -0.593. The zero-order valence-electron chi connectivity index (χ0n) is 6.88. The molecule has 0 unspecified atom stereocenters. The number of carbonyl (C=O) groups excluding carboxylic acids is 1. The molecule has 14 heavy (non-hydrogen) atoms. The molecule has 0 radical (unpaired) electrons. The number of amides is 1. The minimum absolute atomic E-state index is 0. The van der Waals surface area contributed by atoms with Crippen LogP contribution in [0.5, 0.6) is 0 Å². The van der Waals surface area contributed by atoms with E-state index in [1.165, 1.54) is 24.3 Å². The Morgan fingerprint density at radius 1 is 1.21 bits per heavy atom. The molecule has 0 heterocycles. The Kier molecular flexibility index (Phi) is 6.68. The third-order valence-corrected chi connectivity index (χ3v) is 1.36. The summed E-state index contributed by atoms with van der Waals surface area (Å²) < 4.78 is 0. The van der Waals surface area contributed by atoms with Crippen LogP contribution in [0.25, 0.3) is 0 Å². The van der Waals surface area contributed by atoms with E-state index in [1.54, 1.807) is 0 Å². The molecule has 0 aromatic heterocycles. The average Bonchev–Trinajstić information content (AvgIpc) is 2.04. The lowest BCUT2D eigenvalue weighted by Crippen LogP contribution is -2.10. The predicted octanol–water partition coefficient (Wildman–Crippen LogP) is 1.54. The molecule has 0 aliphatic heterocycles. The summed E-state index contributed by atoms with van der Waals surface area (Å²) in [6.07, 6.45) is 0. The molecule has 7 heteroatoms. The van der Waals surface area contributed by atoms with Crippen LogP contribution in [-0.4, -0.2) is 10.8 Å². The van der Waals surface area contributed by atoms with Crippen molar-refractivity contribution < 1.29 is 9.72 Å². The summed E-state index contributed by atoms with van der Waals surface area (Å²) in [6, 6.07) is 5.11. The van der Waals surface area contributed by atoms with Crippen molar-refractivity contribution in [3.05, 3.63) is 39.9 Å². The van der Waals surface area contributed by atoms with Gasteiger partial charge in [0.25, 0.3) is 5.69 Å². The fourth-order valence-electron chi connectivity index (χ4n) is 0.747. The Morgan fingerprint density at radius 3 is 1.93 bits per heavy atom. The van der Waals surface area contributed by atoms with Crippen molar-refractivity contribution in [1.82, 2.24) is 0 Å². The predicted molar refractivity (Wildman–Crippen MR) is 56.1 cm³/mol. The number of nitro benzene ring substituents is 1. The second-order valence-corrected chi connectivity index (χ2v) is 2.17. The van der Waals surface area contributed by atoms with Crippen LogP contribution < -0.4 is 5.73 Å². The van der Waals surface area contributed by atoms with E-state index in [9.17, 15) is 14.9 Å². The Morgan fingerprint density at radius 2 is 1.64 bits per heavy atom. The average molecular weight is 239 g/mol. The second kappa shape index (κ2) is 6.17. The minimum Gasteiger partial charge on any atom is -0.366 e. The summed E-state index contributed by atoms with van der Waals surface area (Å²) in [5.41, 5.74) is 5.14. The standard InChI is InChI=1S/C7H6N2O3.2ClH/c8-7(10)5-1-3-6(4-2-5)9(11)12;;/h1-4H,(H2,8,10);2*1H. The van der Waals surface area contributed by atoms with Gasteiger partial charge < -0.3 is 5.73 Å². The van der Waals surface area contributed by atoms with Crippen LogP contribution in [0.1, 0.15) is 10.4 Å². The highest BCUT2D eigenvalue weighted by atomic mass is 35.5. The Balaban J connectivity index is 0. The van der Waals surface area contributed by atoms with Crippen LogP contribution in [-0.2, 0) is 0 Å². The van der Waals surface area contributed by atoms with Crippen molar-refractivity contribution in [2.45, 2.75) is 0 Å². The maximum atomic E-state index is 10.5. The van der Waals surface area contributed by atoms with Crippen LogP contribution in [0, 0.1) is 10.1 Å². The SMILES string of the molecule is Cl.Cl.NC(=O)c1ccc([N+](=O)[O-])cc1. The van der Waals surface area contributed by atoms with Crippen LogP contribution in [0.3, 0.4) is 0 Å². The molecule has 1 aromatic rings. The van der Waals surface area contributed by atoms with E-state index in [1.807, 2.05) is 0 Å². The second-order valence-electron chi connectivity index (χ2n) is 2.17. The van der Waals surface area contributed by atoms with E-state index >= 15 is 0 Å². The van der Waals surface area contributed by atoms with Crippen molar-refractivity contribution in [3.63, 3.8) is 0 Å². The van der Waals surface area contributed by atoms with Crippen LogP contribution in [0.2, 0.25) is 0 Å². The van der Waals surface area contributed by atoms with Gasteiger partial charge in [-0.15, -0.1) is 24.8 Å². The van der Waals surface area contributed by atoms with Gasteiger partial charge >= 0.3 is 0 Å². The highest BCUT2D eigenvalue weighted by Gasteiger charge is 2.05. The van der Waals surface area contributed by atoms with Crippen molar-refractivity contribution in [2.75, 3.05) is 0 Å². The minimum atomic E-state index is -0.593. The maximum Gasteiger partial charge on any atom is 0.269 e. The number of hydrogen-bond acceptors (Lipinski definition) is 3. The molecule has 0 saturated heterocycles. The van der Waals surface area contributed by atoms with Crippen LogP contribution in [0.15, 0.2) is 24.3 Å². The van der Waals surface area contributed by atoms with Crippen molar-refractivity contribution in [2.24, 2.45) is 5.73 Å². The normalized spacial score (nSPS) is 8.00. The van der Waals surface area contributed by atoms with E-state index < -0.39 is 10.8 Å². The van der Waals surface area contributed by atoms with Crippen molar-refractivity contribution in [1.29, 1.82) is 0 Å². The molecule has 0 aliphatic carbocycles. The molecule has 0 aliphatic rings. The van der Waals surface area contributed by atoms with Gasteiger partial charge in [-0.1, -0.05) is 0 Å². The number of nitrogens with two attached hydrogens (primary N) is 1. The molecule has 0 fully saturated rings. The lowest BCUT2D eigenvalue weighted by molar-refractivity contribution is -0.384. The van der Waals surface area contributed by atoms with Crippen LogP contribution in [0.4, 0.5) is 5.69 Å². The molecule has 0 saturated carbocycles. The number of non-ortho nitro benzene ring substituents is 1. The maximum absolute atomic E-state index is 10.5. The van der Waals surface area contributed by atoms with Gasteiger partial charge in [0, 0.05) is 17.7 Å². The third-order valence-electron chi connectivity index (χ3n) is 1.36. The molecule has 2 N–H and O–H groups in total. The van der Waals surface area contributed by atoms with Crippen molar-refractivity contribution >= 4 is 36.4 Å². The van der Waals surface area contributed by atoms with Gasteiger partial charge in [0.1, 0.15) is 0 Å². The molecule has 1 amide bonds. The van der Waals surface area contributed by atoms with Gasteiger partial charge in [0.15, 0.2) is 0 Å². The first-order valence-corrected chi connectivity index (χ1v) is 3.15. The molecule has 0 atom stereocenters.